The molecule has 6 aromatic carbocycles. The molecule has 294 valence electrons. The van der Waals surface area contributed by atoms with Gasteiger partial charge in [-0.1, -0.05) is 121 Å². The third-order valence-corrected chi connectivity index (χ3v) is 13.3. The van der Waals surface area contributed by atoms with E-state index in [-0.39, 0.29) is 0 Å². The molecule has 6 nitrogen and oxygen atoms in total. The largest absolute Gasteiger partial charge is 0.294 e. The van der Waals surface area contributed by atoms with Crippen molar-refractivity contribution in [3.8, 4) is 56.9 Å². The number of aromatic nitrogens is 6. The van der Waals surface area contributed by atoms with Gasteiger partial charge in [-0.25, -0.2) is 19.9 Å². The zero-order valence-electron chi connectivity index (χ0n) is 33.7. The van der Waals surface area contributed by atoms with Crippen LogP contribution in [0.1, 0.15) is 0 Å². The summed E-state index contributed by atoms with van der Waals surface area (Å²) >= 11 is 1.83. The summed E-state index contributed by atoms with van der Waals surface area (Å²) in [5.41, 5.74) is 11.2. The van der Waals surface area contributed by atoms with Crippen LogP contribution in [0.2, 0.25) is 0 Å². The molecule has 13 rings (SSSR count). The van der Waals surface area contributed by atoms with Crippen LogP contribution >= 0.6 is 11.3 Å². The van der Waals surface area contributed by atoms with Crippen molar-refractivity contribution in [1.29, 1.82) is 0 Å². The topological polar surface area (TPSA) is 61.4 Å². The van der Waals surface area contributed by atoms with E-state index in [0.717, 1.165) is 79.0 Å². The Labute approximate surface area is 365 Å². The summed E-state index contributed by atoms with van der Waals surface area (Å²) < 4.78 is 7.06. The molecule has 7 heteroatoms. The maximum atomic E-state index is 5.42. The number of rotatable bonds is 6. The average Bonchev–Trinajstić information content (AvgIpc) is 4.02. The second-order valence-corrected chi connectivity index (χ2v) is 16.9. The van der Waals surface area contributed by atoms with Crippen molar-refractivity contribution in [2.24, 2.45) is 0 Å². The normalized spacial score (nSPS) is 11.8. The zero-order valence-corrected chi connectivity index (χ0v) is 34.5. The summed E-state index contributed by atoms with van der Waals surface area (Å²) in [5, 5.41) is 7.34. The SMILES string of the molecule is c1cc(-c2cccc(-c3cc(-c4ccc5c(c4)sc4ccccc45)cc(-n4c5ccccc5c5ccccc54)n3)n2)nc(-c2cccc(-n3c4ccccc4c4ccccc43)n2)c1. The van der Waals surface area contributed by atoms with Crippen LogP contribution in [0.15, 0.2) is 206 Å². The van der Waals surface area contributed by atoms with Gasteiger partial charge in [0.15, 0.2) is 0 Å². The molecule has 0 amide bonds. The summed E-state index contributed by atoms with van der Waals surface area (Å²) in [5.74, 6) is 1.67. The van der Waals surface area contributed by atoms with Gasteiger partial charge >= 0.3 is 0 Å². The predicted octanol–water partition coefficient (Wildman–Crippen LogP) is 14.5. The van der Waals surface area contributed by atoms with Crippen LogP contribution < -0.4 is 0 Å². The summed E-state index contributed by atoms with van der Waals surface area (Å²) in [7, 11) is 0. The third-order valence-electron chi connectivity index (χ3n) is 12.2. The van der Waals surface area contributed by atoms with E-state index in [1.807, 2.05) is 53.8 Å². The van der Waals surface area contributed by atoms with Gasteiger partial charge in [0, 0.05) is 41.7 Å². The smallest absolute Gasteiger partial charge is 0.138 e. The monoisotopic (exact) mass is 822 g/mol. The fourth-order valence-electron chi connectivity index (χ4n) is 9.30. The minimum absolute atomic E-state index is 0.755. The van der Waals surface area contributed by atoms with Crippen LogP contribution in [-0.4, -0.2) is 29.1 Å². The molecule has 13 aromatic rings. The minimum Gasteiger partial charge on any atom is -0.294 e. The average molecular weight is 823 g/mol. The summed E-state index contributed by atoms with van der Waals surface area (Å²) in [4.78, 5) is 21.1. The number of thiophene rings is 1. The Bertz CT molecular complexity index is 3840. The number of pyridine rings is 4. The van der Waals surface area contributed by atoms with E-state index in [1.54, 1.807) is 0 Å². The molecule has 0 saturated carbocycles. The highest BCUT2D eigenvalue weighted by atomic mass is 32.1. The fourth-order valence-corrected chi connectivity index (χ4v) is 10.4. The first-order valence-electron chi connectivity index (χ1n) is 21.1. The molecule has 0 fully saturated rings. The Morgan fingerprint density at radius 2 is 0.698 bits per heavy atom. The number of benzene rings is 6. The molecule has 63 heavy (non-hydrogen) atoms. The predicted molar refractivity (Wildman–Crippen MR) is 261 cm³/mol. The Morgan fingerprint density at radius 1 is 0.270 bits per heavy atom. The molecule has 0 atom stereocenters. The van der Waals surface area contributed by atoms with Gasteiger partial charge in [-0.3, -0.25) is 9.13 Å². The molecule has 0 aliphatic carbocycles. The number of hydrogen-bond donors (Lipinski definition) is 0. The molecule has 0 saturated heterocycles. The molecule has 0 N–H and O–H groups in total. The third kappa shape index (κ3) is 5.78. The number of fused-ring (bicyclic) bond motifs is 9. The van der Waals surface area contributed by atoms with Crippen molar-refractivity contribution in [1.82, 2.24) is 29.1 Å². The van der Waals surface area contributed by atoms with E-state index in [9.17, 15) is 0 Å². The van der Waals surface area contributed by atoms with Gasteiger partial charge in [0.1, 0.15) is 11.6 Å². The molecule has 7 heterocycles. The maximum Gasteiger partial charge on any atom is 0.138 e. The highest BCUT2D eigenvalue weighted by molar-refractivity contribution is 7.25. The lowest BCUT2D eigenvalue weighted by Crippen LogP contribution is -2.01. The van der Waals surface area contributed by atoms with Gasteiger partial charge in [-0.15, -0.1) is 11.3 Å². The lowest BCUT2D eigenvalue weighted by molar-refractivity contribution is 1.07. The van der Waals surface area contributed by atoms with Gasteiger partial charge in [0.05, 0.1) is 56.2 Å². The van der Waals surface area contributed by atoms with Crippen molar-refractivity contribution >= 4 is 75.1 Å². The first kappa shape index (κ1) is 35.5. The molecule has 0 aliphatic heterocycles. The van der Waals surface area contributed by atoms with Crippen molar-refractivity contribution in [3.05, 3.63) is 206 Å². The molecule has 0 spiro atoms. The quantitative estimate of drug-likeness (QED) is 0.168. The Hall–Kier alpha value is -8.26. The van der Waals surface area contributed by atoms with E-state index in [1.165, 1.54) is 41.7 Å². The Morgan fingerprint density at radius 3 is 1.27 bits per heavy atom. The van der Waals surface area contributed by atoms with Crippen molar-refractivity contribution in [2.45, 2.75) is 0 Å². The molecule has 0 bridgehead atoms. The van der Waals surface area contributed by atoms with Crippen LogP contribution in [0.25, 0.3) is 121 Å². The first-order chi connectivity index (χ1) is 31.2. The van der Waals surface area contributed by atoms with Crippen molar-refractivity contribution in [2.75, 3.05) is 0 Å². The van der Waals surface area contributed by atoms with Crippen LogP contribution in [0.5, 0.6) is 0 Å². The van der Waals surface area contributed by atoms with Crippen LogP contribution in [0, 0.1) is 0 Å². The highest BCUT2D eigenvalue weighted by Crippen LogP contribution is 2.39. The molecule has 0 aliphatic rings. The molecule has 0 radical (unpaired) electrons. The Kier molecular flexibility index (Phi) is 7.98. The molecule has 0 unspecified atom stereocenters. The van der Waals surface area contributed by atoms with Gasteiger partial charge in [0.2, 0.25) is 0 Å². The van der Waals surface area contributed by atoms with Crippen molar-refractivity contribution < 1.29 is 0 Å². The van der Waals surface area contributed by atoms with Crippen LogP contribution in [0.4, 0.5) is 0 Å². The number of nitrogens with zero attached hydrogens (tertiary/aromatic N) is 6. The fraction of sp³-hybridized carbons (Fsp3) is 0. The number of para-hydroxylation sites is 4. The molecular formula is C56H34N6S. The minimum atomic E-state index is 0.755. The zero-order chi connectivity index (χ0) is 41.4. The van der Waals surface area contributed by atoms with Crippen LogP contribution in [-0.2, 0) is 0 Å². The number of hydrogen-bond acceptors (Lipinski definition) is 5. The van der Waals surface area contributed by atoms with E-state index >= 15 is 0 Å². The lowest BCUT2D eigenvalue weighted by Gasteiger charge is -2.13. The van der Waals surface area contributed by atoms with E-state index in [2.05, 4.69) is 173 Å². The first-order valence-corrected chi connectivity index (χ1v) is 21.9. The Balaban J connectivity index is 0.937. The standard InChI is InChI=1S/C56H34N6S/c1-6-24-49-37(14-1)38-15-2-7-25-50(38)61(49)55-29-13-23-46(59-55)45-21-11-19-43(57-45)44-20-12-22-47(58-44)48-32-36(35-30-31-42-41-18-5-10-28-53(41)63-54(42)33-35)34-56(60-48)62-51-26-8-3-16-39(51)40-17-4-9-27-52(40)62/h1-34H. The summed E-state index contributed by atoms with van der Waals surface area (Å²) in [6.45, 7) is 0. The van der Waals surface area contributed by atoms with E-state index < -0.39 is 0 Å². The van der Waals surface area contributed by atoms with Gasteiger partial charge in [-0.05, 0) is 96.1 Å². The lowest BCUT2D eigenvalue weighted by atomic mass is 10.0. The van der Waals surface area contributed by atoms with E-state index in [4.69, 9.17) is 19.9 Å². The second kappa shape index (κ2) is 14.2. The highest BCUT2D eigenvalue weighted by Gasteiger charge is 2.18. The van der Waals surface area contributed by atoms with E-state index in [0.29, 0.717) is 0 Å². The van der Waals surface area contributed by atoms with Gasteiger partial charge < -0.3 is 0 Å². The van der Waals surface area contributed by atoms with Crippen molar-refractivity contribution in [3.63, 3.8) is 0 Å². The van der Waals surface area contributed by atoms with Gasteiger partial charge in [-0.2, -0.15) is 0 Å². The molecule has 7 aromatic heterocycles. The summed E-state index contributed by atoms with van der Waals surface area (Å²) in [6.07, 6.45) is 0. The second-order valence-electron chi connectivity index (χ2n) is 15.8. The van der Waals surface area contributed by atoms with Crippen LogP contribution in [0.3, 0.4) is 0 Å². The van der Waals surface area contributed by atoms with Gasteiger partial charge in [0.25, 0.3) is 0 Å². The summed E-state index contributed by atoms with van der Waals surface area (Å²) in [6, 6.07) is 72.3. The molecular weight excluding hydrogens is 789 g/mol. The maximum absolute atomic E-state index is 5.42.